The number of fused-ring (bicyclic) bond motifs is 2. The van der Waals surface area contributed by atoms with Crippen molar-refractivity contribution in [2.45, 2.75) is 93.9 Å². The molecule has 0 saturated carbocycles. The normalized spacial score (nSPS) is 15.8. The monoisotopic (exact) mass is 1250 g/mol. The van der Waals surface area contributed by atoms with Crippen LogP contribution in [0.1, 0.15) is 0 Å². The van der Waals surface area contributed by atoms with E-state index in [0.717, 1.165) is 12.1 Å². The molecule has 0 saturated heterocycles. The van der Waals surface area contributed by atoms with Gasteiger partial charge in [-0.1, -0.05) is 60.7 Å². The third kappa shape index (κ3) is 8.48. The number of rotatable bonds is 19. The van der Waals surface area contributed by atoms with E-state index < -0.39 is 158 Å². The summed E-state index contributed by atoms with van der Waals surface area (Å²) in [7, 11) is -17.5. The Balaban J connectivity index is 2.01. The predicted octanol–water partition coefficient (Wildman–Crippen LogP) is 15.0. The first-order chi connectivity index (χ1) is 34.1. The molecule has 4 aromatic rings. The van der Waals surface area contributed by atoms with Gasteiger partial charge in [0.1, 0.15) is 0 Å². The third-order valence-corrected chi connectivity index (χ3v) is 13.0. The predicted molar refractivity (Wildman–Crippen MR) is 187 cm³/mol. The Hall–Kier alpha value is -5.48. The number of benzene rings is 4. The van der Waals surface area contributed by atoms with E-state index in [2.05, 4.69) is 8.37 Å². The molecular formula is C36H12F34O6S2. The topological polar surface area (TPSA) is 86.7 Å². The van der Waals surface area contributed by atoms with E-state index in [-0.39, 0.29) is 24.3 Å². The molecule has 4 aromatic carbocycles. The molecule has 78 heavy (non-hydrogen) atoms. The molecule has 0 aliphatic carbocycles. The largest absolute Gasteiger partial charge is 0.460 e. The highest BCUT2D eigenvalue weighted by Gasteiger charge is 2.98. The zero-order valence-corrected chi connectivity index (χ0v) is 36.7. The second-order valence-electron chi connectivity index (χ2n) is 15.3. The first-order valence-electron chi connectivity index (χ1n) is 18.5. The van der Waals surface area contributed by atoms with Crippen LogP contribution in [0.3, 0.4) is 0 Å². The molecular weight excluding hydrogens is 1240 g/mol. The van der Waals surface area contributed by atoms with Gasteiger partial charge < -0.3 is 8.37 Å². The van der Waals surface area contributed by atoms with Gasteiger partial charge in [0.05, 0.1) is 0 Å². The Morgan fingerprint density at radius 2 is 0.462 bits per heavy atom. The van der Waals surface area contributed by atoms with E-state index in [1.54, 1.807) is 0 Å². The molecule has 6 nitrogen and oxygen atoms in total. The van der Waals surface area contributed by atoms with E-state index in [9.17, 15) is 149 Å². The summed E-state index contributed by atoms with van der Waals surface area (Å²) in [5.41, 5.74) is -3.87. The summed E-state index contributed by atoms with van der Waals surface area (Å²) >= 11 is 0. The van der Waals surface area contributed by atoms with Gasteiger partial charge in [0.25, 0.3) is 0 Å². The molecule has 0 heterocycles. The second-order valence-corrected chi connectivity index (χ2v) is 18.5. The Labute approximate surface area is 405 Å². The van der Waals surface area contributed by atoms with Crippen molar-refractivity contribution in [1.29, 1.82) is 0 Å². The van der Waals surface area contributed by atoms with E-state index in [1.807, 2.05) is 0 Å². The van der Waals surface area contributed by atoms with Gasteiger partial charge in [0, 0.05) is 11.1 Å². The molecule has 0 unspecified atom stereocenters. The van der Waals surface area contributed by atoms with Crippen LogP contribution >= 0.6 is 0 Å². The molecule has 0 amide bonds. The van der Waals surface area contributed by atoms with Crippen molar-refractivity contribution in [3.05, 3.63) is 72.8 Å². The maximum atomic E-state index is 15.3. The Kier molecular flexibility index (Phi) is 15.0. The lowest BCUT2D eigenvalue weighted by molar-refractivity contribution is -0.458. The van der Waals surface area contributed by atoms with Crippen molar-refractivity contribution in [1.82, 2.24) is 0 Å². The molecule has 0 radical (unpaired) electrons. The lowest BCUT2D eigenvalue weighted by atomic mass is 9.91. The van der Waals surface area contributed by atoms with Gasteiger partial charge in [0.15, 0.2) is 11.5 Å². The van der Waals surface area contributed by atoms with Gasteiger partial charge in [-0.2, -0.15) is 166 Å². The fourth-order valence-electron chi connectivity index (χ4n) is 6.11. The molecule has 4 rings (SSSR count). The quantitative estimate of drug-likeness (QED) is 0.0687. The first kappa shape index (κ1) is 65.0. The van der Waals surface area contributed by atoms with Crippen molar-refractivity contribution in [3.63, 3.8) is 0 Å². The van der Waals surface area contributed by atoms with Gasteiger partial charge in [0.2, 0.25) is 0 Å². The molecule has 42 heteroatoms. The van der Waals surface area contributed by atoms with Crippen LogP contribution in [0, 0.1) is 0 Å². The van der Waals surface area contributed by atoms with Crippen LogP contribution in [0.5, 0.6) is 11.5 Å². The molecule has 0 fully saturated rings. The molecule has 442 valence electrons. The van der Waals surface area contributed by atoms with E-state index >= 15 is 17.6 Å². The summed E-state index contributed by atoms with van der Waals surface area (Å²) in [6, 6.07) is 4.83. The Morgan fingerprint density at radius 1 is 0.256 bits per heavy atom. The fourth-order valence-corrected chi connectivity index (χ4v) is 7.96. The molecule has 0 spiro atoms. The van der Waals surface area contributed by atoms with Gasteiger partial charge in [-0.25, -0.2) is 0 Å². The summed E-state index contributed by atoms with van der Waals surface area (Å²) in [6.45, 7) is 0. The average Bonchev–Trinajstić information content (AvgIpc) is 3.27. The number of alkyl halides is 34. The summed E-state index contributed by atoms with van der Waals surface area (Å²) in [5.74, 6) is -115. The van der Waals surface area contributed by atoms with Crippen molar-refractivity contribution in [3.8, 4) is 22.6 Å². The number of hydrogen-bond acceptors (Lipinski definition) is 6. The van der Waals surface area contributed by atoms with Crippen LogP contribution in [0.4, 0.5) is 149 Å². The molecule has 0 aliphatic heterocycles. The van der Waals surface area contributed by atoms with Crippen LogP contribution in [0.2, 0.25) is 0 Å². The zero-order valence-electron chi connectivity index (χ0n) is 35.0. The van der Waals surface area contributed by atoms with E-state index in [4.69, 9.17) is 0 Å². The van der Waals surface area contributed by atoms with E-state index in [0.29, 0.717) is 36.4 Å². The minimum absolute atomic E-state index is 0.232. The van der Waals surface area contributed by atoms with Gasteiger partial charge >= 0.3 is 114 Å². The van der Waals surface area contributed by atoms with Crippen molar-refractivity contribution < 1.29 is 174 Å². The van der Waals surface area contributed by atoms with E-state index in [1.165, 1.54) is 0 Å². The highest BCUT2D eigenvalue weighted by Crippen LogP contribution is 2.67. The minimum atomic E-state index is -9.41. The number of halogens is 34. The molecule has 0 aromatic heterocycles. The van der Waals surface area contributed by atoms with Crippen molar-refractivity contribution >= 4 is 41.8 Å². The molecule has 0 bridgehead atoms. The van der Waals surface area contributed by atoms with Gasteiger partial charge in [-0.15, -0.1) is 0 Å². The summed E-state index contributed by atoms with van der Waals surface area (Å²) in [5, 5.41) is -20.9. The molecule has 0 aliphatic rings. The standard InChI is InChI=1S/C36H12F34O6S2/c37-21(38,25(45,46)29(53,54)33(61,62)63)23(41,42)27(49,50)31(57,58)35(67,68)77(71,72)75-17-11-9-13-5-1-3-7-15(13)19(17)20-16-8-4-2-6-14(16)10-12-18(20)76-78(73,74)36(69,70)32(59,60)28(51,52)24(43,44)22(39,40)26(47,48)30(55,56)34(64,65)66/h1-12H. The van der Waals surface area contributed by atoms with Crippen LogP contribution in [0.25, 0.3) is 32.7 Å². The van der Waals surface area contributed by atoms with Crippen molar-refractivity contribution in [2.75, 3.05) is 0 Å². The van der Waals surface area contributed by atoms with Crippen LogP contribution in [0.15, 0.2) is 72.8 Å². The average molecular weight is 1250 g/mol. The maximum Gasteiger partial charge on any atom is 0.460 e. The Bertz CT molecular complexity index is 2970. The molecule has 0 atom stereocenters. The first-order valence-corrected chi connectivity index (χ1v) is 21.3. The fraction of sp³-hybridized carbons (Fsp3) is 0.444. The summed E-state index contributed by atoms with van der Waals surface area (Å²) < 4.78 is 535. The smallest absolute Gasteiger partial charge is 0.377 e. The van der Waals surface area contributed by atoms with Crippen LogP contribution < -0.4 is 8.37 Å². The summed E-state index contributed by atoms with van der Waals surface area (Å²) in [4.78, 5) is 0. The van der Waals surface area contributed by atoms with Gasteiger partial charge in [-0.05, 0) is 33.7 Å². The second kappa shape index (κ2) is 18.0. The zero-order chi connectivity index (χ0) is 61.5. The van der Waals surface area contributed by atoms with Gasteiger partial charge in [-0.3, -0.25) is 0 Å². The third-order valence-electron chi connectivity index (χ3n) is 10.4. The SMILES string of the molecule is O=S(=O)(Oc1ccc2ccccc2c1-c1c(OS(=O)(=O)C(F)(F)C(F)(F)C(F)(F)C(F)(F)C(F)(F)C(F)(F)C(F)(F)C(F)(F)F)ccc2ccccc12)C(F)(F)C(F)(F)C(F)(F)C(F)(F)C(F)(F)C(F)(F)C(F)(F)C(F)(F)F. The highest BCUT2D eigenvalue weighted by atomic mass is 32.2. The lowest BCUT2D eigenvalue weighted by Gasteiger charge is -2.42. The molecule has 0 N–H and O–H groups in total. The lowest BCUT2D eigenvalue weighted by Crippen LogP contribution is -2.75. The Morgan fingerprint density at radius 3 is 0.692 bits per heavy atom. The summed E-state index contributed by atoms with van der Waals surface area (Å²) in [6.07, 6.45) is -16.4. The minimum Gasteiger partial charge on any atom is -0.377 e. The van der Waals surface area contributed by atoms with Crippen LogP contribution in [-0.4, -0.2) is 111 Å². The maximum absolute atomic E-state index is 15.3. The van der Waals surface area contributed by atoms with Crippen LogP contribution in [-0.2, 0) is 20.2 Å². The van der Waals surface area contributed by atoms with Crippen molar-refractivity contribution in [2.24, 2.45) is 0 Å². The highest BCUT2D eigenvalue weighted by molar-refractivity contribution is 7.88. The number of hydrogen-bond donors (Lipinski definition) is 0.